The molecule has 14 heavy (non-hydrogen) atoms. The van der Waals surface area contributed by atoms with Crippen LogP contribution < -0.4 is 0 Å². The van der Waals surface area contributed by atoms with Crippen LogP contribution >= 0.6 is 0 Å². The maximum absolute atomic E-state index is 8.60. The lowest BCUT2D eigenvalue weighted by molar-refractivity contribution is 0.282. The van der Waals surface area contributed by atoms with Gasteiger partial charge in [-0.2, -0.15) is 0 Å². The molecule has 0 amide bonds. The minimum absolute atomic E-state index is 0.315. The van der Waals surface area contributed by atoms with Crippen molar-refractivity contribution < 1.29 is 5.11 Å². The van der Waals surface area contributed by atoms with Crippen LogP contribution in [-0.2, 0) is 0 Å². The van der Waals surface area contributed by atoms with Gasteiger partial charge in [-0.1, -0.05) is 43.7 Å². The van der Waals surface area contributed by atoms with Gasteiger partial charge in [0.2, 0.25) is 0 Å². The number of allylic oxidation sites excluding steroid dienone is 4. The van der Waals surface area contributed by atoms with Gasteiger partial charge in [-0.15, -0.1) is 0 Å². The van der Waals surface area contributed by atoms with Gasteiger partial charge in [0.05, 0.1) is 0 Å². The topological polar surface area (TPSA) is 20.2 Å². The molecule has 0 fully saturated rings. The zero-order valence-corrected chi connectivity index (χ0v) is 9.26. The van der Waals surface area contributed by atoms with Crippen molar-refractivity contribution in [3.8, 4) is 0 Å². The summed E-state index contributed by atoms with van der Waals surface area (Å²) >= 11 is 0. The third-order valence-electron chi connectivity index (χ3n) is 2.07. The standard InChI is InChI=1S/C13H22O/c1-4-13(11-12(2)3)9-7-5-6-8-10-14/h4,11,14H,1-2,5-10H2,3H3/b13-11+. The lowest BCUT2D eigenvalue weighted by Gasteiger charge is -2.02. The highest BCUT2D eigenvalue weighted by molar-refractivity contribution is 5.25. The molecule has 80 valence electrons. The summed E-state index contributed by atoms with van der Waals surface area (Å²) in [5.41, 5.74) is 2.34. The Hall–Kier alpha value is -0.820. The minimum Gasteiger partial charge on any atom is -0.396 e. The molecule has 0 aromatic rings. The van der Waals surface area contributed by atoms with Gasteiger partial charge in [0.15, 0.2) is 0 Å². The first-order chi connectivity index (χ1) is 6.70. The molecule has 1 N–H and O–H groups in total. The molecule has 0 unspecified atom stereocenters. The normalized spacial score (nSPS) is 11.4. The maximum atomic E-state index is 8.60. The van der Waals surface area contributed by atoms with E-state index >= 15 is 0 Å². The van der Waals surface area contributed by atoms with Gasteiger partial charge in [-0.25, -0.2) is 0 Å². The Labute approximate surface area is 87.8 Å². The average molecular weight is 194 g/mol. The van der Waals surface area contributed by atoms with E-state index in [9.17, 15) is 0 Å². The fourth-order valence-electron chi connectivity index (χ4n) is 1.34. The van der Waals surface area contributed by atoms with Gasteiger partial charge in [0, 0.05) is 6.61 Å². The Morgan fingerprint density at radius 2 is 1.86 bits per heavy atom. The highest BCUT2D eigenvalue weighted by atomic mass is 16.2. The van der Waals surface area contributed by atoms with Crippen molar-refractivity contribution in [3.63, 3.8) is 0 Å². The molecular weight excluding hydrogens is 172 g/mol. The molecule has 0 atom stereocenters. The van der Waals surface area contributed by atoms with E-state index in [0.717, 1.165) is 24.8 Å². The molecule has 0 aromatic carbocycles. The SMILES string of the molecule is C=C/C(=C\C(=C)C)CCCCCCO. The van der Waals surface area contributed by atoms with Crippen molar-refractivity contribution in [2.75, 3.05) is 6.61 Å². The Kier molecular flexibility index (Phi) is 8.25. The van der Waals surface area contributed by atoms with E-state index in [1.165, 1.54) is 18.4 Å². The number of rotatable bonds is 8. The smallest absolute Gasteiger partial charge is 0.0431 e. The Bertz CT molecular complexity index is 201. The van der Waals surface area contributed by atoms with Crippen molar-refractivity contribution >= 4 is 0 Å². The zero-order valence-electron chi connectivity index (χ0n) is 9.26. The van der Waals surface area contributed by atoms with Crippen LogP contribution in [0.3, 0.4) is 0 Å². The lowest BCUT2D eigenvalue weighted by Crippen LogP contribution is -1.85. The first-order valence-corrected chi connectivity index (χ1v) is 5.30. The average Bonchev–Trinajstić information content (AvgIpc) is 2.15. The van der Waals surface area contributed by atoms with E-state index in [1.54, 1.807) is 0 Å². The summed E-state index contributed by atoms with van der Waals surface area (Å²) in [7, 11) is 0. The highest BCUT2D eigenvalue weighted by Crippen LogP contribution is 2.12. The van der Waals surface area contributed by atoms with Gasteiger partial charge >= 0.3 is 0 Å². The van der Waals surface area contributed by atoms with E-state index in [4.69, 9.17) is 5.11 Å². The van der Waals surface area contributed by atoms with Gasteiger partial charge < -0.3 is 5.11 Å². The molecule has 0 bridgehead atoms. The second-order valence-corrected chi connectivity index (χ2v) is 3.66. The molecule has 0 rings (SSSR count). The van der Waals surface area contributed by atoms with E-state index in [2.05, 4.69) is 19.2 Å². The molecule has 0 aliphatic heterocycles. The van der Waals surface area contributed by atoms with Crippen LogP contribution in [0.1, 0.15) is 39.0 Å². The monoisotopic (exact) mass is 194 g/mol. The molecule has 1 heteroatoms. The number of unbranched alkanes of at least 4 members (excludes halogenated alkanes) is 3. The van der Waals surface area contributed by atoms with Crippen LogP contribution in [0.25, 0.3) is 0 Å². The summed E-state index contributed by atoms with van der Waals surface area (Å²) < 4.78 is 0. The molecule has 0 spiro atoms. The number of hydrogen-bond donors (Lipinski definition) is 1. The number of hydrogen-bond acceptors (Lipinski definition) is 1. The van der Waals surface area contributed by atoms with E-state index in [1.807, 2.05) is 13.0 Å². The van der Waals surface area contributed by atoms with E-state index in [-0.39, 0.29) is 0 Å². The molecule has 0 aliphatic rings. The Morgan fingerprint density at radius 1 is 1.21 bits per heavy atom. The predicted octanol–water partition coefficient (Wildman–Crippen LogP) is 3.62. The highest BCUT2D eigenvalue weighted by Gasteiger charge is 1.93. The summed E-state index contributed by atoms with van der Waals surface area (Å²) in [5, 5.41) is 8.60. The molecule has 0 heterocycles. The van der Waals surface area contributed by atoms with Crippen molar-refractivity contribution in [3.05, 3.63) is 36.5 Å². The summed E-state index contributed by atoms with van der Waals surface area (Å²) in [6, 6.07) is 0. The van der Waals surface area contributed by atoms with E-state index in [0.29, 0.717) is 6.61 Å². The quantitative estimate of drug-likeness (QED) is 0.462. The largest absolute Gasteiger partial charge is 0.396 e. The van der Waals surface area contributed by atoms with Gasteiger partial charge in [-0.3, -0.25) is 0 Å². The zero-order chi connectivity index (χ0) is 10.8. The summed E-state index contributed by atoms with van der Waals surface area (Å²) in [6.07, 6.45) is 9.45. The van der Waals surface area contributed by atoms with Gasteiger partial charge in [0.25, 0.3) is 0 Å². The van der Waals surface area contributed by atoms with Gasteiger partial charge in [-0.05, 0) is 31.8 Å². The van der Waals surface area contributed by atoms with Crippen molar-refractivity contribution in [1.29, 1.82) is 0 Å². The fourth-order valence-corrected chi connectivity index (χ4v) is 1.34. The second kappa shape index (κ2) is 8.76. The molecule has 0 aliphatic carbocycles. The van der Waals surface area contributed by atoms with Crippen LogP contribution in [-0.4, -0.2) is 11.7 Å². The van der Waals surface area contributed by atoms with Crippen molar-refractivity contribution in [1.82, 2.24) is 0 Å². The van der Waals surface area contributed by atoms with Crippen LogP contribution in [0.5, 0.6) is 0 Å². The summed E-state index contributed by atoms with van der Waals surface area (Å²) in [5.74, 6) is 0. The fraction of sp³-hybridized carbons (Fsp3) is 0.538. The number of aliphatic hydroxyl groups is 1. The van der Waals surface area contributed by atoms with Crippen LogP contribution in [0, 0.1) is 0 Å². The Morgan fingerprint density at radius 3 is 2.36 bits per heavy atom. The first kappa shape index (κ1) is 13.2. The van der Waals surface area contributed by atoms with Crippen molar-refractivity contribution in [2.24, 2.45) is 0 Å². The van der Waals surface area contributed by atoms with Crippen LogP contribution in [0.4, 0.5) is 0 Å². The molecule has 0 saturated carbocycles. The van der Waals surface area contributed by atoms with Gasteiger partial charge in [0.1, 0.15) is 0 Å². The van der Waals surface area contributed by atoms with E-state index < -0.39 is 0 Å². The molecule has 0 radical (unpaired) electrons. The van der Waals surface area contributed by atoms with Crippen LogP contribution in [0.2, 0.25) is 0 Å². The Balaban J connectivity index is 3.63. The molecule has 1 nitrogen and oxygen atoms in total. The third-order valence-corrected chi connectivity index (χ3v) is 2.07. The first-order valence-electron chi connectivity index (χ1n) is 5.30. The molecular formula is C13H22O. The molecule has 0 saturated heterocycles. The second-order valence-electron chi connectivity index (χ2n) is 3.66. The summed E-state index contributed by atoms with van der Waals surface area (Å²) in [6.45, 7) is 9.93. The minimum atomic E-state index is 0.315. The lowest BCUT2D eigenvalue weighted by atomic mass is 10.0. The van der Waals surface area contributed by atoms with Crippen LogP contribution in [0.15, 0.2) is 36.5 Å². The number of aliphatic hydroxyl groups excluding tert-OH is 1. The summed E-state index contributed by atoms with van der Waals surface area (Å²) in [4.78, 5) is 0. The third kappa shape index (κ3) is 7.81. The van der Waals surface area contributed by atoms with Crippen molar-refractivity contribution in [2.45, 2.75) is 39.0 Å². The predicted molar refractivity (Wildman–Crippen MR) is 63.3 cm³/mol. The maximum Gasteiger partial charge on any atom is 0.0431 e. The molecule has 0 aromatic heterocycles.